The number of ether oxygens (including phenoxy) is 2. The molecule has 3 rings (SSSR count). The summed E-state index contributed by atoms with van der Waals surface area (Å²) in [4.78, 5) is 6.08. The van der Waals surface area contributed by atoms with Crippen LogP contribution in [0.3, 0.4) is 0 Å². The molecule has 0 saturated carbocycles. The highest BCUT2D eigenvalue weighted by Crippen LogP contribution is 2.39. The molecule has 0 spiro atoms. The fraction of sp³-hybridized carbons (Fsp3) is 0.381. The van der Waals surface area contributed by atoms with Gasteiger partial charge in [-0.3, -0.25) is 0 Å². The second-order valence-corrected chi connectivity index (χ2v) is 7.86. The van der Waals surface area contributed by atoms with E-state index in [2.05, 4.69) is 20.9 Å². The van der Waals surface area contributed by atoms with Crippen LogP contribution in [0.15, 0.2) is 39.8 Å². The molecule has 0 atom stereocenters. The minimum absolute atomic E-state index is 0.0741. The van der Waals surface area contributed by atoms with Crippen LogP contribution < -0.4 is 0 Å². The largest absolute Gasteiger partial charge is 0.375 e. The van der Waals surface area contributed by atoms with Crippen molar-refractivity contribution in [3.8, 4) is 0 Å². The summed E-state index contributed by atoms with van der Waals surface area (Å²) in [6, 6.07) is 7.98. The fourth-order valence-electron chi connectivity index (χ4n) is 2.96. The summed E-state index contributed by atoms with van der Waals surface area (Å²) < 4.78 is 40.8. The van der Waals surface area contributed by atoms with Crippen LogP contribution in [-0.2, 0) is 21.7 Å². The van der Waals surface area contributed by atoms with Crippen LogP contribution in [0.1, 0.15) is 23.6 Å². The number of aryl methyl sites for hydroxylation is 1. The molecule has 1 fully saturated rings. The van der Waals surface area contributed by atoms with Gasteiger partial charge >= 0.3 is 0 Å². The summed E-state index contributed by atoms with van der Waals surface area (Å²) in [5.41, 5.74) is 1.49. The Labute approximate surface area is 172 Å². The van der Waals surface area contributed by atoms with E-state index in [4.69, 9.17) is 9.47 Å². The van der Waals surface area contributed by atoms with E-state index in [0.717, 1.165) is 12.1 Å². The van der Waals surface area contributed by atoms with Crippen LogP contribution in [0.2, 0.25) is 0 Å². The van der Waals surface area contributed by atoms with Crippen molar-refractivity contribution < 1.29 is 18.3 Å². The van der Waals surface area contributed by atoms with Gasteiger partial charge in [-0.05, 0) is 49.2 Å². The number of halogens is 3. The standard InChI is InChI=1S/C21H23BrF2N2O2/c1-4-26(3)13-25-20-7-14(2)17(9-19(20)24)21(11-27-12-21)28-10-15-5-6-16(22)8-18(15)23/h5-9,13H,4,10-12H2,1-3H3. The monoisotopic (exact) mass is 452 g/mol. The normalized spacial score (nSPS) is 15.6. The summed E-state index contributed by atoms with van der Waals surface area (Å²) >= 11 is 3.24. The number of hydrogen-bond acceptors (Lipinski definition) is 3. The molecule has 1 saturated heterocycles. The van der Waals surface area contributed by atoms with E-state index in [1.165, 1.54) is 12.1 Å². The van der Waals surface area contributed by atoms with Crippen molar-refractivity contribution in [2.45, 2.75) is 26.1 Å². The average Bonchev–Trinajstić information content (AvgIpc) is 2.63. The van der Waals surface area contributed by atoms with Gasteiger partial charge in [-0.1, -0.05) is 22.0 Å². The van der Waals surface area contributed by atoms with Gasteiger partial charge in [0.1, 0.15) is 22.9 Å². The molecule has 1 aliphatic heterocycles. The molecule has 1 aliphatic rings. The number of nitrogens with zero attached hydrogens (tertiary/aromatic N) is 2. The molecule has 2 aromatic rings. The van der Waals surface area contributed by atoms with Gasteiger partial charge in [-0.25, -0.2) is 13.8 Å². The molecule has 0 unspecified atom stereocenters. The highest BCUT2D eigenvalue weighted by molar-refractivity contribution is 9.10. The Bertz CT molecular complexity index is 885. The van der Waals surface area contributed by atoms with Crippen LogP contribution in [0.5, 0.6) is 0 Å². The first kappa shape index (κ1) is 20.9. The predicted octanol–water partition coefficient (Wildman–Crippen LogP) is 5.09. The molecule has 2 aromatic carbocycles. The zero-order valence-corrected chi connectivity index (χ0v) is 17.7. The highest BCUT2D eigenvalue weighted by Gasteiger charge is 2.43. The lowest BCUT2D eigenvalue weighted by atomic mass is 9.87. The van der Waals surface area contributed by atoms with Crippen molar-refractivity contribution >= 4 is 28.0 Å². The molecule has 150 valence electrons. The molecule has 4 nitrogen and oxygen atoms in total. The highest BCUT2D eigenvalue weighted by atomic mass is 79.9. The minimum atomic E-state index is -0.785. The molecule has 1 heterocycles. The first-order chi connectivity index (χ1) is 13.3. The summed E-state index contributed by atoms with van der Waals surface area (Å²) in [7, 11) is 1.87. The lowest BCUT2D eigenvalue weighted by Crippen LogP contribution is -2.49. The van der Waals surface area contributed by atoms with Crippen LogP contribution in [0, 0.1) is 18.6 Å². The second-order valence-electron chi connectivity index (χ2n) is 6.95. The van der Waals surface area contributed by atoms with Gasteiger partial charge in [-0.15, -0.1) is 0 Å². The number of rotatable bonds is 7. The summed E-state index contributed by atoms with van der Waals surface area (Å²) in [5.74, 6) is -0.775. The summed E-state index contributed by atoms with van der Waals surface area (Å²) in [5, 5.41) is 0. The quantitative estimate of drug-likeness (QED) is 0.433. The van der Waals surface area contributed by atoms with Gasteiger partial charge in [-0.2, -0.15) is 0 Å². The average molecular weight is 453 g/mol. The second kappa shape index (κ2) is 8.68. The first-order valence-electron chi connectivity index (χ1n) is 9.05. The Kier molecular flexibility index (Phi) is 6.47. The van der Waals surface area contributed by atoms with Crippen LogP contribution in [-0.4, -0.2) is 38.0 Å². The van der Waals surface area contributed by atoms with E-state index in [-0.39, 0.29) is 18.1 Å². The van der Waals surface area contributed by atoms with Crippen molar-refractivity contribution in [3.05, 3.63) is 63.1 Å². The van der Waals surface area contributed by atoms with E-state index < -0.39 is 11.4 Å². The molecular weight excluding hydrogens is 430 g/mol. The molecular formula is C21H23BrF2N2O2. The Morgan fingerprint density at radius 2 is 2.00 bits per heavy atom. The van der Waals surface area contributed by atoms with Crippen LogP contribution in [0.4, 0.5) is 14.5 Å². The zero-order valence-electron chi connectivity index (χ0n) is 16.1. The molecule has 0 N–H and O–H groups in total. The van der Waals surface area contributed by atoms with E-state index in [1.807, 2.05) is 25.8 Å². The van der Waals surface area contributed by atoms with Crippen molar-refractivity contribution in [2.24, 2.45) is 4.99 Å². The maximum atomic E-state index is 14.7. The molecule has 0 radical (unpaired) electrons. The lowest BCUT2D eigenvalue weighted by Gasteiger charge is -2.42. The first-order valence-corrected chi connectivity index (χ1v) is 9.84. The number of aliphatic imine (C=N–C) groups is 1. The number of hydrogen-bond donors (Lipinski definition) is 0. The lowest BCUT2D eigenvalue weighted by molar-refractivity contribution is -0.223. The van der Waals surface area contributed by atoms with Gasteiger partial charge in [0.05, 0.1) is 26.2 Å². The van der Waals surface area contributed by atoms with E-state index in [1.54, 1.807) is 24.5 Å². The Balaban J connectivity index is 1.83. The third kappa shape index (κ3) is 4.42. The SMILES string of the molecule is CCN(C)C=Nc1cc(C)c(C2(OCc3ccc(Br)cc3F)COC2)cc1F. The summed E-state index contributed by atoms with van der Waals surface area (Å²) in [6.07, 6.45) is 1.60. The fourth-order valence-corrected chi connectivity index (χ4v) is 3.29. The minimum Gasteiger partial charge on any atom is -0.375 e. The van der Waals surface area contributed by atoms with Crippen molar-refractivity contribution in [2.75, 3.05) is 26.8 Å². The molecule has 0 aromatic heterocycles. The smallest absolute Gasteiger partial charge is 0.149 e. The molecule has 7 heteroatoms. The molecule has 0 aliphatic carbocycles. The summed E-state index contributed by atoms with van der Waals surface area (Å²) in [6.45, 7) is 5.33. The third-order valence-electron chi connectivity index (χ3n) is 4.87. The van der Waals surface area contributed by atoms with Crippen LogP contribution >= 0.6 is 15.9 Å². The molecule has 0 bridgehead atoms. The Hall–Kier alpha value is -1.83. The topological polar surface area (TPSA) is 34.1 Å². The van der Waals surface area contributed by atoms with Gasteiger partial charge in [0.25, 0.3) is 0 Å². The number of benzene rings is 2. The Morgan fingerprint density at radius 3 is 2.61 bits per heavy atom. The zero-order chi connectivity index (χ0) is 20.3. The van der Waals surface area contributed by atoms with E-state index >= 15 is 0 Å². The van der Waals surface area contributed by atoms with Gasteiger partial charge in [0, 0.05) is 23.6 Å². The van der Waals surface area contributed by atoms with E-state index in [9.17, 15) is 8.78 Å². The van der Waals surface area contributed by atoms with Crippen LogP contribution in [0.25, 0.3) is 0 Å². The van der Waals surface area contributed by atoms with Crippen molar-refractivity contribution in [3.63, 3.8) is 0 Å². The molecule has 0 amide bonds. The van der Waals surface area contributed by atoms with Gasteiger partial charge < -0.3 is 14.4 Å². The van der Waals surface area contributed by atoms with Gasteiger partial charge in [0.2, 0.25) is 0 Å². The Morgan fingerprint density at radius 1 is 1.25 bits per heavy atom. The van der Waals surface area contributed by atoms with E-state index in [0.29, 0.717) is 28.8 Å². The van der Waals surface area contributed by atoms with Gasteiger partial charge in [0.15, 0.2) is 0 Å². The van der Waals surface area contributed by atoms with Crippen molar-refractivity contribution in [1.29, 1.82) is 0 Å². The predicted molar refractivity (Wildman–Crippen MR) is 109 cm³/mol. The van der Waals surface area contributed by atoms with Crippen molar-refractivity contribution in [1.82, 2.24) is 4.90 Å². The maximum Gasteiger partial charge on any atom is 0.149 e. The maximum absolute atomic E-state index is 14.7. The molecule has 28 heavy (non-hydrogen) atoms. The third-order valence-corrected chi connectivity index (χ3v) is 5.36.